The molecule has 0 aliphatic carbocycles. The van der Waals surface area contributed by atoms with Gasteiger partial charge in [-0.25, -0.2) is 4.39 Å². The summed E-state index contributed by atoms with van der Waals surface area (Å²) in [4.78, 5) is 1.01. The predicted molar refractivity (Wildman–Crippen MR) is 70.1 cm³/mol. The molecule has 1 aromatic rings. The highest BCUT2D eigenvalue weighted by atomic mass is 19.4. The largest absolute Gasteiger partial charge is 0.491 e. The third-order valence-corrected chi connectivity index (χ3v) is 3.99. The number of rotatable bonds is 3. The molecule has 1 heterocycles. The topological polar surface area (TPSA) is 45.5 Å². The summed E-state index contributed by atoms with van der Waals surface area (Å²) >= 11 is 0. The number of methoxy groups -OCH3 is 2. The number of benzene rings is 1. The van der Waals surface area contributed by atoms with Crippen LogP contribution in [-0.4, -0.2) is 38.6 Å². The van der Waals surface area contributed by atoms with Crippen molar-refractivity contribution in [3.8, 4) is 11.8 Å². The van der Waals surface area contributed by atoms with Gasteiger partial charge in [0.2, 0.25) is 5.82 Å². The highest BCUT2D eigenvalue weighted by Gasteiger charge is 2.65. The summed E-state index contributed by atoms with van der Waals surface area (Å²) in [6, 6.07) is 1.64. The van der Waals surface area contributed by atoms with E-state index in [2.05, 4.69) is 4.74 Å². The Bertz CT molecular complexity index is 643. The van der Waals surface area contributed by atoms with Crippen LogP contribution in [0.15, 0.2) is 12.1 Å². The SMILES string of the molecule is COc1c(N2CCC(OC)(C(F)(F)F)C2C#N)ccc(F)c1F. The van der Waals surface area contributed by atoms with E-state index in [4.69, 9.17) is 4.74 Å². The van der Waals surface area contributed by atoms with E-state index in [0.717, 1.165) is 31.3 Å². The van der Waals surface area contributed by atoms with Gasteiger partial charge in [0.1, 0.15) is 0 Å². The summed E-state index contributed by atoms with van der Waals surface area (Å²) in [5.74, 6) is -3.09. The van der Waals surface area contributed by atoms with Gasteiger partial charge >= 0.3 is 6.18 Å². The van der Waals surface area contributed by atoms with Crippen LogP contribution < -0.4 is 9.64 Å². The van der Waals surface area contributed by atoms with Crippen molar-refractivity contribution >= 4 is 5.69 Å². The molecule has 0 bridgehead atoms. The van der Waals surface area contributed by atoms with E-state index >= 15 is 0 Å². The van der Waals surface area contributed by atoms with Crippen LogP contribution in [0, 0.1) is 23.0 Å². The molecule has 0 N–H and O–H groups in total. The second-order valence-corrected chi connectivity index (χ2v) is 4.98. The number of hydrogen-bond donors (Lipinski definition) is 0. The van der Waals surface area contributed by atoms with Crippen molar-refractivity contribution in [3.05, 3.63) is 23.8 Å². The lowest BCUT2D eigenvalue weighted by atomic mass is 9.94. The van der Waals surface area contributed by atoms with Gasteiger partial charge in [0.05, 0.1) is 18.9 Å². The van der Waals surface area contributed by atoms with Gasteiger partial charge in [0, 0.05) is 20.1 Å². The minimum absolute atomic E-state index is 0.138. The molecule has 126 valence electrons. The van der Waals surface area contributed by atoms with Gasteiger partial charge in [-0.2, -0.15) is 22.8 Å². The Hall–Kier alpha value is -2.08. The van der Waals surface area contributed by atoms with Crippen molar-refractivity contribution < 1.29 is 31.4 Å². The second-order valence-electron chi connectivity index (χ2n) is 4.98. The molecule has 0 spiro atoms. The molecule has 0 radical (unpaired) electrons. The Morgan fingerprint density at radius 1 is 1.30 bits per heavy atom. The third kappa shape index (κ3) is 2.47. The Labute approximate surface area is 129 Å². The van der Waals surface area contributed by atoms with Crippen molar-refractivity contribution in [1.29, 1.82) is 5.26 Å². The van der Waals surface area contributed by atoms with Gasteiger partial charge in [-0.05, 0) is 12.1 Å². The lowest BCUT2D eigenvalue weighted by Crippen LogP contribution is -2.55. The van der Waals surface area contributed by atoms with Crippen LogP contribution >= 0.6 is 0 Å². The fourth-order valence-corrected chi connectivity index (χ4v) is 2.81. The van der Waals surface area contributed by atoms with Crippen LogP contribution in [0.3, 0.4) is 0 Å². The predicted octanol–water partition coefficient (Wildman–Crippen LogP) is 3.02. The van der Waals surface area contributed by atoms with Gasteiger partial charge in [0.25, 0.3) is 0 Å². The van der Waals surface area contributed by atoms with Crippen molar-refractivity contribution in [2.45, 2.75) is 24.2 Å². The first-order valence-electron chi connectivity index (χ1n) is 6.53. The van der Waals surface area contributed by atoms with Crippen LogP contribution in [0.25, 0.3) is 0 Å². The summed E-state index contributed by atoms with van der Waals surface area (Å²) < 4.78 is 76.7. The van der Waals surface area contributed by atoms with Gasteiger partial charge in [0.15, 0.2) is 23.2 Å². The summed E-state index contributed by atoms with van der Waals surface area (Å²) in [6.07, 6.45) is -5.32. The van der Waals surface area contributed by atoms with Crippen LogP contribution in [0.2, 0.25) is 0 Å². The fraction of sp³-hybridized carbons (Fsp3) is 0.500. The fourth-order valence-electron chi connectivity index (χ4n) is 2.81. The van der Waals surface area contributed by atoms with Crippen molar-refractivity contribution in [3.63, 3.8) is 0 Å². The molecule has 0 aromatic heterocycles. The van der Waals surface area contributed by atoms with Crippen molar-refractivity contribution in [1.82, 2.24) is 0 Å². The zero-order chi connectivity index (χ0) is 17.4. The first-order valence-corrected chi connectivity index (χ1v) is 6.53. The Kier molecular flexibility index (Phi) is 4.39. The van der Waals surface area contributed by atoms with E-state index < -0.39 is 41.6 Å². The number of alkyl halides is 3. The van der Waals surface area contributed by atoms with E-state index in [1.54, 1.807) is 6.07 Å². The van der Waals surface area contributed by atoms with Crippen LogP contribution in [0.1, 0.15) is 6.42 Å². The molecule has 23 heavy (non-hydrogen) atoms. The Morgan fingerprint density at radius 2 is 1.96 bits per heavy atom. The number of nitriles is 1. The second kappa shape index (κ2) is 5.85. The summed E-state index contributed by atoms with van der Waals surface area (Å²) in [6.45, 7) is -0.229. The highest BCUT2D eigenvalue weighted by Crippen LogP contribution is 2.47. The van der Waals surface area contributed by atoms with Gasteiger partial charge in [-0.1, -0.05) is 0 Å². The van der Waals surface area contributed by atoms with E-state index in [9.17, 15) is 27.2 Å². The third-order valence-electron chi connectivity index (χ3n) is 3.99. The molecular formula is C14H13F5N2O2. The maximum atomic E-state index is 13.8. The smallest absolute Gasteiger partial charge is 0.420 e. The zero-order valence-electron chi connectivity index (χ0n) is 12.2. The molecule has 2 unspecified atom stereocenters. The van der Waals surface area contributed by atoms with Gasteiger partial charge < -0.3 is 14.4 Å². The van der Waals surface area contributed by atoms with Crippen molar-refractivity contribution in [2.24, 2.45) is 0 Å². The number of hydrogen-bond acceptors (Lipinski definition) is 4. The van der Waals surface area contributed by atoms with E-state index in [1.165, 1.54) is 0 Å². The lowest BCUT2D eigenvalue weighted by molar-refractivity contribution is -0.267. The monoisotopic (exact) mass is 336 g/mol. The molecule has 0 saturated carbocycles. The molecular weight excluding hydrogens is 323 g/mol. The molecule has 2 rings (SSSR count). The average Bonchev–Trinajstić information content (AvgIpc) is 2.89. The summed E-state index contributed by atoms with van der Waals surface area (Å²) in [7, 11) is 1.93. The minimum Gasteiger partial charge on any atom is -0.491 e. The number of nitrogens with zero attached hydrogens (tertiary/aromatic N) is 2. The maximum Gasteiger partial charge on any atom is 0.420 e. The molecule has 1 fully saturated rings. The quantitative estimate of drug-likeness (QED) is 0.796. The maximum absolute atomic E-state index is 13.8. The normalized spacial score (nSPS) is 24.6. The lowest BCUT2D eigenvalue weighted by Gasteiger charge is -2.35. The molecule has 0 amide bonds. The number of anilines is 1. The van der Waals surface area contributed by atoms with E-state index in [1.807, 2.05) is 0 Å². The first-order chi connectivity index (χ1) is 10.7. The Morgan fingerprint density at radius 3 is 2.43 bits per heavy atom. The number of halogens is 5. The molecule has 9 heteroatoms. The van der Waals surface area contributed by atoms with Crippen LogP contribution in [0.5, 0.6) is 5.75 Å². The molecule has 4 nitrogen and oxygen atoms in total. The van der Waals surface area contributed by atoms with Gasteiger partial charge in [-0.3, -0.25) is 0 Å². The molecule has 1 saturated heterocycles. The zero-order valence-corrected chi connectivity index (χ0v) is 12.2. The molecule has 1 aliphatic rings. The molecule has 2 atom stereocenters. The van der Waals surface area contributed by atoms with E-state index in [-0.39, 0.29) is 12.2 Å². The standard InChI is InChI=1S/C14H13F5N2O2/c1-22-12-9(4-3-8(15)11(12)16)21-6-5-13(23-2,10(21)7-20)14(17,18)19/h3-4,10H,5-6H2,1-2H3. The molecule has 1 aromatic carbocycles. The van der Waals surface area contributed by atoms with Crippen LogP contribution in [0.4, 0.5) is 27.6 Å². The summed E-state index contributed by atoms with van der Waals surface area (Å²) in [5.41, 5.74) is -2.85. The Balaban J connectivity index is 2.55. The van der Waals surface area contributed by atoms with Gasteiger partial charge in [-0.15, -0.1) is 0 Å². The summed E-state index contributed by atoms with van der Waals surface area (Å²) in [5, 5.41) is 9.24. The van der Waals surface area contributed by atoms with Crippen LogP contribution in [-0.2, 0) is 4.74 Å². The average molecular weight is 336 g/mol. The molecule has 1 aliphatic heterocycles. The number of ether oxygens (including phenoxy) is 2. The van der Waals surface area contributed by atoms with E-state index in [0.29, 0.717) is 0 Å². The minimum atomic E-state index is -4.80. The highest BCUT2D eigenvalue weighted by molar-refractivity contribution is 5.62. The first kappa shape index (κ1) is 17.3. The van der Waals surface area contributed by atoms with Crippen molar-refractivity contribution in [2.75, 3.05) is 25.7 Å².